The molecule has 3 rings (SSSR count). The summed E-state index contributed by atoms with van der Waals surface area (Å²) in [5, 5.41) is 43.6. The SMILES string of the molecule is CC[C@H]1/C=C/C=C/C[C@@H](C)[C@H](O)[C@@H](C)C(=O)[C@@H](C)[C@@H](O)[C@@H](C)C(=O)[C@@H](C)[C@@H](O)[C@H](C)/C=C/C(=O)O[C@@H]2C[C@]3(CC[C@@H](C)[C@@H](C[C@H](C)O)O3)O[C@H](CC1)[C@@H]2C. The van der Waals surface area contributed by atoms with Crippen molar-refractivity contribution in [1.82, 2.24) is 0 Å². The second-order valence-corrected chi connectivity index (χ2v) is 17.3. The van der Waals surface area contributed by atoms with Gasteiger partial charge in [-0.05, 0) is 63.2 Å². The quantitative estimate of drug-likeness (QED) is 0.233. The lowest BCUT2D eigenvalue weighted by molar-refractivity contribution is -0.347. The van der Waals surface area contributed by atoms with Crippen molar-refractivity contribution < 1.29 is 49.0 Å². The zero-order chi connectivity index (χ0) is 40.5. The molecule has 2 fully saturated rings. The summed E-state index contributed by atoms with van der Waals surface area (Å²) in [6.07, 6.45) is 11.6. The highest BCUT2D eigenvalue weighted by molar-refractivity contribution is 5.87. The third-order valence-corrected chi connectivity index (χ3v) is 12.9. The number of hydrogen-bond acceptors (Lipinski definition) is 10. The molecule has 10 heteroatoms. The molecule has 54 heavy (non-hydrogen) atoms. The van der Waals surface area contributed by atoms with E-state index in [-0.39, 0.29) is 41.7 Å². The zero-order valence-electron chi connectivity index (χ0n) is 34.6. The molecule has 17 atom stereocenters. The van der Waals surface area contributed by atoms with Crippen LogP contribution in [0.3, 0.4) is 0 Å². The predicted octanol–water partition coefficient (Wildman–Crippen LogP) is 6.52. The maximum Gasteiger partial charge on any atom is 0.330 e. The summed E-state index contributed by atoms with van der Waals surface area (Å²) in [5.74, 6) is -6.12. The van der Waals surface area contributed by atoms with E-state index in [1.165, 1.54) is 6.08 Å². The molecule has 0 aliphatic carbocycles. The van der Waals surface area contributed by atoms with Gasteiger partial charge in [0.05, 0.1) is 36.6 Å². The number of fused-ring (bicyclic) bond motifs is 2. The minimum atomic E-state index is -1.30. The Morgan fingerprint density at radius 3 is 1.98 bits per heavy atom. The van der Waals surface area contributed by atoms with Gasteiger partial charge in [-0.1, -0.05) is 92.7 Å². The number of ether oxygens (including phenoxy) is 3. The van der Waals surface area contributed by atoms with Gasteiger partial charge < -0.3 is 34.6 Å². The second kappa shape index (κ2) is 20.8. The monoisotopic (exact) mass is 761 g/mol. The second-order valence-electron chi connectivity index (χ2n) is 17.3. The third-order valence-electron chi connectivity index (χ3n) is 12.9. The first-order valence-corrected chi connectivity index (χ1v) is 20.7. The molecular weight excluding hydrogens is 688 g/mol. The van der Waals surface area contributed by atoms with Crippen LogP contribution in [0.4, 0.5) is 0 Å². The number of hydrogen-bond donors (Lipinski definition) is 4. The average molecular weight is 761 g/mol. The van der Waals surface area contributed by atoms with Crippen LogP contribution in [0.5, 0.6) is 0 Å². The van der Waals surface area contributed by atoms with Crippen molar-refractivity contribution in [2.45, 2.75) is 169 Å². The molecule has 0 saturated carbocycles. The Bertz CT molecular complexity index is 1310. The van der Waals surface area contributed by atoms with Crippen molar-refractivity contribution in [3.8, 4) is 0 Å². The standard InChI is InChI=1S/C44H72O10/c1-11-34-16-14-12-13-15-26(3)39(47)30(7)41(49)32(9)43(51)33(10)42(50)31(8)40(48)27(4)17-20-38(46)52-37-24-44(53-35(19-18-34)29(37)6)22-21-25(2)36(54-44)23-28(5)45/h12-14,16-17,20,25-37,39-40,43,45,47-48,51H,11,15,18-19,21-24H2,1-10H3/b13-12+,16-14+,20-17+/t25-,26-,27-,28+,29+,30-,31+,32-,33+,34+,35-,36-,37-,39+,40+,43-,44-/m1/s1. The fourth-order valence-corrected chi connectivity index (χ4v) is 8.54. The van der Waals surface area contributed by atoms with Crippen LogP contribution in [-0.4, -0.2) is 86.5 Å². The summed E-state index contributed by atoms with van der Waals surface area (Å²) >= 11 is 0. The van der Waals surface area contributed by atoms with E-state index in [1.54, 1.807) is 47.6 Å². The first-order valence-electron chi connectivity index (χ1n) is 20.7. The summed E-state index contributed by atoms with van der Waals surface area (Å²) in [4.78, 5) is 40.2. The number of carbonyl (C=O) groups is 3. The molecule has 1 spiro atoms. The lowest BCUT2D eigenvalue weighted by Crippen LogP contribution is -2.57. The maximum atomic E-state index is 13.5. The molecule has 3 heterocycles. The van der Waals surface area contributed by atoms with E-state index in [4.69, 9.17) is 14.2 Å². The van der Waals surface area contributed by atoms with Gasteiger partial charge in [0.25, 0.3) is 0 Å². The van der Waals surface area contributed by atoms with Gasteiger partial charge in [0.15, 0.2) is 5.79 Å². The van der Waals surface area contributed by atoms with Crippen LogP contribution in [0.25, 0.3) is 0 Å². The van der Waals surface area contributed by atoms with Crippen LogP contribution in [-0.2, 0) is 28.6 Å². The largest absolute Gasteiger partial charge is 0.459 e. The van der Waals surface area contributed by atoms with Gasteiger partial charge in [-0.15, -0.1) is 0 Å². The number of carbonyl (C=O) groups excluding carboxylic acids is 3. The zero-order valence-corrected chi connectivity index (χ0v) is 34.6. The van der Waals surface area contributed by atoms with E-state index >= 15 is 0 Å². The lowest BCUT2D eigenvalue weighted by atomic mass is 9.77. The fourth-order valence-electron chi connectivity index (χ4n) is 8.54. The molecular formula is C44H72O10. The van der Waals surface area contributed by atoms with Gasteiger partial charge in [-0.3, -0.25) is 9.59 Å². The Kier molecular flexibility index (Phi) is 17.8. The summed E-state index contributed by atoms with van der Waals surface area (Å²) < 4.78 is 19.7. The van der Waals surface area contributed by atoms with Gasteiger partial charge in [0.2, 0.25) is 0 Å². The van der Waals surface area contributed by atoms with Crippen molar-refractivity contribution in [1.29, 1.82) is 0 Å². The predicted molar refractivity (Wildman–Crippen MR) is 209 cm³/mol. The molecule has 0 aromatic rings. The molecule has 0 aromatic heterocycles. The Morgan fingerprint density at radius 1 is 0.759 bits per heavy atom. The molecule has 4 N–H and O–H groups in total. The van der Waals surface area contributed by atoms with Gasteiger partial charge in [0.1, 0.15) is 17.7 Å². The van der Waals surface area contributed by atoms with Gasteiger partial charge in [-0.2, -0.15) is 0 Å². The number of aliphatic hydroxyl groups excluding tert-OH is 4. The van der Waals surface area contributed by atoms with Crippen molar-refractivity contribution >= 4 is 17.5 Å². The van der Waals surface area contributed by atoms with Crippen LogP contribution in [0.2, 0.25) is 0 Å². The van der Waals surface area contributed by atoms with E-state index in [9.17, 15) is 34.8 Å². The van der Waals surface area contributed by atoms with E-state index < -0.39 is 77.6 Å². The van der Waals surface area contributed by atoms with Crippen LogP contribution >= 0.6 is 0 Å². The molecule has 2 saturated heterocycles. The fraction of sp³-hybridized carbons (Fsp3) is 0.795. The van der Waals surface area contributed by atoms with Crippen LogP contribution in [0.1, 0.15) is 121 Å². The molecule has 10 nitrogen and oxygen atoms in total. The highest BCUT2D eigenvalue weighted by atomic mass is 16.7. The Morgan fingerprint density at radius 2 is 1.37 bits per heavy atom. The van der Waals surface area contributed by atoms with Crippen molar-refractivity contribution in [2.24, 2.45) is 53.3 Å². The lowest BCUT2D eigenvalue weighted by Gasteiger charge is -2.52. The van der Waals surface area contributed by atoms with Crippen LogP contribution < -0.4 is 0 Å². The number of ketones is 2. The molecule has 0 amide bonds. The molecule has 0 unspecified atom stereocenters. The topological polar surface area (TPSA) is 160 Å². The summed E-state index contributed by atoms with van der Waals surface area (Å²) in [6, 6.07) is 0. The molecule has 0 aromatic carbocycles. The average Bonchev–Trinajstić information content (AvgIpc) is 3.14. The number of rotatable bonds is 3. The van der Waals surface area contributed by atoms with Gasteiger partial charge in [-0.25, -0.2) is 4.79 Å². The molecule has 3 aliphatic heterocycles. The Balaban J connectivity index is 1.93. The third kappa shape index (κ3) is 12.1. The van der Waals surface area contributed by atoms with Crippen molar-refractivity contribution in [2.75, 3.05) is 0 Å². The normalized spacial score (nSPS) is 45.3. The summed E-state index contributed by atoms with van der Waals surface area (Å²) in [5.41, 5.74) is 0. The molecule has 3 aliphatic rings. The van der Waals surface area contributed by atoms with E-state index in [2.05, 4.69) is 19.9 Å². The van der Waals surface area contributed by atoms with E-state index in [0.717, 1.165) is 25.7 Å². The first-order chi connectivity index (χ1) is 25.3. The highest BCUT2D eigenvalue weighted by Gasteiger charge is 2.51. The Hall–Kier alpha value is -2.21. The number of Topliss-reactive ketones (excluding diaryl/α,β-unsaturated/α-hetero) is 2. The van der Waals surface area contributed by atoms with Crippen LogP contribution in [0.15, 0.2) is 36.5 Å². The smallest absolute Gasteiger partial charge is 0.330 e. The van der Waals surface area contributed by atoms with Crippen LogP contribution in [0, 0.1) is 53.3 Å². The molecule has 0 radical (unpaired) electrons. The number of aliphatic hydroxyl groups is 4. The molecule has 2 bridgehead atoms. The van der Waals surface area contributed by atoms with E-state index in [1.807, 2.05) is 32.1 Å². The number of allylic oxidation sites excluding steroid dienone is 4. The number of esters is 1. The van der Waals surface area contributed by atoms with Gasteiger partial charge >= 0.3 is 5.97 Å². The first kappa shape index (κ1) is 46.2. The maximum absolute atomic E-state index is 13.5. The summed E-state index contributed by atoms with van der Waals surface area (Å²) in [6.45, 7) is 18.1. The Labute approximate surface area is 324 Å². The van der Waals surface area contributed by atoms with Crippen molar-refractivity contribution in [3.63, 3.8) is 0 Å². The summed E-state index contributed by atoms with van der Waals surface area (Å²) in [7, 11) is 0. The van der Waals surface area contributed by atoms with Crippen molar-refractivity contribution in [3.05, 3.63) is 36.5 Å². The highest BCUT2D eigenvalue weighted by Crippen LogP contribution is 2.46. The minimum absolute atomic E-state index is 0.121. The molecule has 308 valence electrons. The minimum Gasteiger partial charge on any atom is -0.459 e. The van der Waals surface area contributed by atoms with E-state index in [0.29, 0.717) is 25.7 Å². The van der Waals surface area contributed by atoms with Gasteiger partial charge in [0, 0.05) is 54.4 Å².